The van der Waals surface area contributed by atoms with Crippen molar-refractivity contribution < 1.29 is 13.2 Å². The Hall–Kier alpha value is -1.54. The van der Waals surface area contributed by atoms with Crippen molar-refractivity contribution in [2.24, 2.45) is 10.9 Å². The van der Waals surface area contributed by atoms with Crippen molar-refractivity contribution in [3.05, 3.63) is 29.8 Å². The molecule has 136 valence electrons. The lowest BCUT2D eigenvalue weighted by Gasteiger charge is -2.10. The number of hydrogen-bond donors (Lipinski definition) is 2. The van der Waals surface area contributed by atoms with E-state index in [0.717, 1.165) is 17.3 Å². The number of nitrogens with one attached hydrogen (secondary N) is 2. The van der Waals surface area contributed by atoms with E-state index in [1.54, 1.807) is 12.1 Å². The van der Waals surface area contributed by atoms with Crippen LogP contribution in [0, 0.1) is 5.92 Å². The largest absolute Gasteiger partial charge is 0.352 e. The number of fused-ring (bicyclic) bond motifs is 1. The quantitative estimate of drug-likeness (QED) is 0.816. The highest BCUT2D eigenvalue weighted by atomic mass is 32.2. The second-order valence-electron chi connectivity index (χ2n) is 6.88. The second-order valence-corrected chi connectivity index (χ2v) is 10.3. The van der Waals surface area contributed by atoms with Crippen LogP contribution in [0.5, 0.6) is 0 Å². The van der Waals surface area contributed by atoms with Gasteiger partial charge in [0.05, 0.1) is 17.5 Å². The third kappa shape index (κ3) is 4.76. The maximum Gasteiger partial charge on any atom is 0.251 e. The van der Waals surface area contributed by atoms with Gasteiger partial charge < -0.3 is 10.6 Å². The van der Waals surface area contributed by atoms with E-state index in [4.69, 9.17) is 0 Å². The molecule has 6 nitrogen and oxygen atoms in total. The molecule has 0 bridgehead atoms. The van der Waals surface area contributed by atoms with Gasteiger partial charge in [0.2, 0.25) is 0 Å². The smallest absolute Gasteiger partial charge is 0.251 e. The van der Waals surface area contributed by atoms with Crippen LogP contribution < -0.4 is 10.6 Å². The maximum absolute atomic E-state index is 12.2. The van der Waals surface area contributed by atoms with Gasteiger partial charge in [-0.3, -0.25) is 9.79 Å². The summed E-state index contributed by atoms with van der Waals surface area (Å²) in [5.74, 6) is 0.783. The van der Waals surface area contributed by atoms with Crippen molar-refractivity contribution >= 4 is 38.4 Å². The van der Waals surface area contributed by atoms with E-state index >= 15 is 0 Å². The number of benzene rings is 1. The number of carbonyl (C=O) groups excluding carboxylic acids is 1. The van der Waals surface area contributed by atoms with Gasteiger partial charge >= 0.3 is 0 Å². The first-order valence-electron chi connectivity index (χ1n) is 8.42. The molecule has 0 aromatic heterocycles. The third-order valence-corrected chi connectivity index (χ3v) is 7.34. The molecule has 0 unspecified atom stereocenters. The summed E-state index contributed by atoms with van der Waals surface area (Å²) in [5.41, 5.74) is 1.38. The van der Waals surface area contributed by atoms with Crippen molar-refractivity contribution in [2.45, 2.75) is 31.6 Å². The number of anilines is 1. The van der Waals surface area contributed by atoms with Crippen molar-refractivity contribution in [1.82, 2.24) is 5.32 Å². The molecular weight excluding hydrogens is 358 g/mol. The first-order valence-corrected chi connectivity index (χ1v) is 11.1. The molecule has 1 aromatic carbocycles. The molecule has 0 radical (unpaired) electrons. The van der Waals surface area contributed by atoms with Crippen molar-refractivity contribution in [2.75, 3.05) is 23.4 Å². The highest BCUT2D eigenvalue weighted by molar-refractivity contribution is 8.15. The van der Waals surface area contributed by atoms with E-state index in [0.29, 0.717) is 18.0 Å². The Balaban J connectivity index is 1.60. The number of hydrogen-bond acceptors (Lipinski definition) is 6. The number of thioether (sulfide) groups is 1. The zero-order valence-electron chi connectivity index (χ0n) is 14.4. The van der Waals surface area contributed by atoms with Gasteiger partial charge in [0, 0.05) is 23.0 Å². The van der Waals surface area contributed by atoms with Crippen molar-refractivity contribution in [1.29, 1.82) is 0 Å². The van der Waals surface area contributed by atoms with Crippen molar-refractivity contribution in [3.8, 4) is 0 Å². The van der Waals surface area contributed by atoms with Gasteiger partial charge in [-0.15, -0.1) is 0 Å². The van der Waals surface area contributed by atoms with Gasteiger partial charge in [-0.05, 0) is 30.5 Å². The molecule has 1 aromatic rings. The summed E-state index contributed by atoms with van der Waals surface area (Å²) < 4.78 is 23.2. The molecule has 2 N–H and O–H groups in total. The van der Waals surface area contributed by atoms with Gasteiger partial charge in [0.25, 0.3) is 5.91 Å². The highest BCUT2D eigenvalue weighted by Gasteiger charge is 2.42. The first-order chi connectivity index (χ1) is 11.8. The first kappa shape index (κ1) is 18.3. The molecule has 2 atom stereocenters. The van der Waals surface area contributed by atoms with E-state index in [1.807, 2.05) is 12.1 Å². The Morgan fingerprint density at radius 1 is 1.36 bits per heavy atom. The van der Waals surface area contributed by atoms with E-state index < -0.39 is 9.84 Å². The zero-order valence-corrected chi connectivity index (χ0v) is 16.0. The van der Waals surface area contributed by atoms with E-state index in [1.165, 1.54) is 11.8 Å². The fourth-order valence-corrected chi connectivity index (χ4v) is 6.53. The lowest BCUT2D eigenvalue weighted by atomic mass is 10.1. The summed E-state index contributed by atoms with van der Waals surface area (Å²) in [6.07, 6.45) is 0.947. The number of carbonyl (C=O) groups is 1. The number of sulfone groups is 1. The SMILES string of the molecule is CC(C)CCNC(=O)c1cccc(NC2=N[C@@H]3CS(=O)(=O)C[C@H]3S2)c1. The number of amidine groups is 1. The molecule has 2 heterocycles. The number of nitrogens with zero attached hydrogens (tertiary/aromatic N) is 1. The summed E-state index contributed by atoms with van der Waals surface area (Å²) in [6.45, 7) is 4.91. The van der Waals surface area contributed by atoms with Crippen molar-refractivity contribution in [3.63, 3.8) is 0 Å². The fourth-order valence-electron chi connectivity index (χ4n) is 2.85. The van der Waals surface area contributed by atoms with E-state index in [-0.39, 0.29) is 28.7 Å². The standard InChI is InChI=1S/C17H23N3O3S2/c1-11(2)6-7-18-16(21)12-4-3-5-13(8-12)19-17-20-14-9-25(22,23)10-15(14)24-17/h3-5,8,11,14-15H,6-7,9-10H2,1-2H3,(H,18,21)(H,19,20)/t14-,15-/m1/s1. The maximum atomic E-state index is 12.2. The molecule has 3 rings (SSSR count). The minimum absolute atomic E-state index is 0.00927. The number of aliphatic imine (C=N–C) groups is 1. The minimum atomic E-state index is -2.94. The molecule has 25 heavy (non-hydrogen) atoms. The predicted octanol–water partition coefficient (Wildman–Crippen LogP) is 2.14. The molecule has 0 spiro atoms. The number of amides is 1. The van der Waals surface area contributed by atoms with Crippen LogP contribution in [0.15, 0.2) is 29.3 Å². The topological polar surface area (TPSA) is 87.6 Å². The van der Waals surface area contributed by atoms with Gasteiger partial charge in [0.1, 0.15) is 0 Å². The van der Waals surface area contributed by atoms with Crippen LogP contribution in [0.25, 0.3) is 0 Å². The van der Waals surface area contributed by atoms with Gasteiger partial charge in [-0.25, -0.2) is 8.42 Å². The van der Waals surface area contributed by atoms with E-state index in [9.17, 15) is 13.2 Å². The van der Waals surface area contributed by atoms with Crippen LogP contribution >= 0.6 is 11.8 Å². The fraction of sp³-hybridized carbons (Fsp3) is 0.529. The molecule has 2 aliphatic heterocycles. The Bertz CT molecular complexity index is 790. The normalized spacial score (nSPS) is 24.0. The summed E-state index contributed by atoms with van der Waals surface area (Å²) in [4.78, 5) is 16.7. The average Bonchev–Trinajstić information content (AvgIpc) is 2.99. The van der Waals surface area contributed by atoms with Crippen LogP contribution in [0.1, 0.15) is 30.6 Å². The minimum Gasteiger partial charge on any atom is -0.352 e. The Morgan fingerprint density at radius 2 is 2.16 bits per heavy atom. The summed E-state index contributed by atoms with van der Waals surface area (Å²) in [7, 11) is -2.94. The zero-order chi connectivity index (χ0) is 18.0. The molecule has 1 fully saturated rings. The Kier molecular flexibility index (Phi) is 5.38. The van der Waals surface area contributed by atoms with Gasteiger partial charge in [-0.1, -0.05) is 31.7 Å². The third-order valence-electron chi connectivity index (χ3n) is 4.20. The second kappa shape index (κ2) is 7.37. The molecule has 2 aliphatic rings. The lowest BCUT2D eigenvalue weighted by Crippen LogP contribution is -2.25. The lowest BCUT2D eigenvalue weighted by molar-refractivity contribution is 0.0952. The molecule has 0 aliphatic carbocycles. The molecular formula is C17H23N3O3S2. The predicted molar refractivity (Wildman–Crippen MR) is 103 cm³/mol. The highest BCUT2D eigenvalue weighted by Crippen LogP contribution is 2.34. The van der Waals surface area contributed by atoms with E-state index in [2.05, 4.69) is 29.5 Å². The average molecular weight is 382 g/mol. The molecule has 8 heteroatoms. The number of rotatable bonds is 5. The van der Waals surface area contributed by atoms with Crippen LogP contribution in [0.4, 0.5) is 5.69 Å². The molecule has 1 saturated heterocycles. The van der Waals surface area contributed by atoms with Gasteiger partial charge in [0.15, 0.2) is 15.0 Å². The van der Waals surface area contributed by atoms with Crippen LogP contribution in [-0.4, -0.2) is 48.8 Å². The molecule has 0 saturated carbocycles. The van der Waals surface area contributed by atoms with Crippen LogP contribution in [-0.2, 0) is 9.84 Å². The summed E-state index contributed by atoms with van der Waals surface area (Å²) >= 11 is 1.47. The molecule has 1 amide bonds. The Morgan fingerprint density at radius 3 is 2.88 bits per heavy atom. The van der Waals surface area contributed by atoms with Gasteiger partial charge in [-0.2, -0.15) is 0 Å². The monoisotopic (exact) mass is 381 g/mol. The summed E-state index contributed by atoms with van der Waals surface area (Å²) in [6, 6.07) is 7.11. The Labute approximate surface area is 152 Å². The van der Waals surface area contributed by atoms with Crippen LogP contribution in [0.3, 0.4) is 0 Å². The summed E-state index contributed by atoms with van der Waals surface area (Å²) in [5, 5.41) is 6.86. The van der Waals surface area contributed by atoms with Crippen LogP contribution in [0.2, 0.25) is 0 Å².